The molecule has 3 aromatic rings. The molecule has 6 heteroatoms. The average Bonchev–Trinajstić information content (AvgIpc) is 3.47. The van der Waals surface area contributed by atoms with Gasteiger partial charge in [0.2, 0.25) is 5.36 Å². The Morgan fingerprint density at radius 3 is 2.52 bits per heavy atom. The molecule has 0 atom stereocenters. The van der Waals surface area contributed by atoms with Gasteiger partial charge in [-0.15, -0.1) is 0 Å². The summed E-state index contributed by atoms with van der Waals surface area (Å²) in [5.74, 6) is 2.11. The lowest BCUT2D eigenvalue weighted by molar-refractivity contribution is 0.0546. The van der Waals surface area contributed by atoms with Crippen LogP contribution in [0.1, 0.15) is 75.8 Å². The summed E-state index contributed by atoms with van der Waals surface area (Å²) in [7, 11) is 0. The van der Waals surface area contributed by atoms with Crippen molar-refractivity contribution in [2.24, 2.45) is 0 Å². The molecule has 6 nitrogen and oxygen atoms in total. The van der Waals surface area contributed by atoms with Crippen LogP contribution in [0, 0.1) is 0 Å². The summed E-state index contributed by atoms with van der Waals surface area (Å²) in [4.78, 5) is 18.7. The molecule has 42 heavy (non-hydrogen) atoms. The van der Waals surface area contributed by atoms with Gasteiger partial charge in [-0.3, -0.25) is 4.79 Å². The van der Waals surface area contributed by atoms with Gasteiger partial charge in [0.15, 0.2) is 0 Å². The molecule has 0 aromatic heterocycles. The van der Waals surface area contributed by atoms with Crippen LogP contribution >= 0.6 is 0 Å². The van der Waals surface area contributed by atoms with Crippen LogP contribution in [0.2, 0.25) is 0 Å². The fourth-order valence-electron chi connectivity index (χ4n) is 8.73. The largest absolute Gasteiger partial charge is 0.455 e. The summed E-state index contributed by atoms with van der Waals surface area (Å²) >= 11 is 0. The van der Waals surface area contributed by atoms with Gasteiger partial charge in [-0.1, -0.05) is 18.2 Å². The Morgan fingerprint density at radius 2 is 1.64 bits per heavy atom. The first-order chi connectivity index (χ1) is 20.7. The highest BCUT2D eigenvalue weighted by atomic mass is 16.5. The predicted octanol–water partition coefficient (Wildman–Crippen LogP) is 3.33. The number of nitrogens with zero attached hydrogens (tertiary/aromatic N) is 3. The van der Waals surface area contributed by atoms with Crippen LogP contribution in [0.3, 0.4) is 0 Å². The van der Waals surface area contributed by atoms with Gasteiger partial charge in [-0.2, -0.15) is 0 Å². The monoisotopic (exact) mass is 560 g/mol. The molecule has 9 rings (SSSR count). The number of benzene rings is 3. The fourth-order valence-corrected chi connectivity index (χ4v) is 8.73. The zero-order valence-electron chi connectivity index (χ0n) is 24.3. The minimum Gasteiger partial charge on any atom is -0.455 e. The van der Waals surface area contributed by atoms with Crippen molar-refractivity contribution in [3.63, 3.8) is 0 Å². The van der Waals surface area contributed by atoms with E-state index in [1.54, 1.807) is 0 Å². The predicted molar refractivity (Wildman–Crippen MR) is 163 cm³/mol. The Hall–Kier alpha value is -3.64. The molecule has 0 spiro atoms. The molecule has 3 aromatic carbocycles. The third kappa shape index (κ3) is 3.60. The number of rotatable bonds is 2. The van der Waals surface area contributed by atoms with E-state index in [1.807, 2.05) is 17.0 Å². The third-order valence-corrected chi connectivity index (χ3v) is 10.6. The number of amides is 1. The van der Waals surface area contributed by atoms with E-state index in [4.69, 9.17) is 4.74 Å². The Labute approximate surface area is 246 Å². The highest BCUT2D eigenvalue weighted by molar-refractivity contribution is 6.02. The summed E-state index contributed by atoms with van der Waals surface area (Å²) in [6.45, 7) is 5.64. The lowest BCUT2D eigenvalue weighted by atomic mass is 9.82. The number of aryl methyl sites for hydroxylation is 2. The lowest BCUT2D eigenvalue weighted by Gasteiger charge is -2.39. The first-order valence-corrected chi connectivity index (χ1v) is 16.2. The Morgan fingerprint density at radius 1 is 0.833 bits per heavy atom. The number of piperidine rings is 1. The minimum absolute atomic E-state index is 0.0683. The number of carbonyl (C=O) groups is 1. The molecule has 0 bridgehead atoms. The number of fused-ring (bicyclic) bond motifs is 4. The van der Waals surface area contributed by atoms with E-state index in [9.17, 15) is 9.90 Å². The molecule has 0 unspecified atom stereocenters. The Kier molecular flexibility index (Phi) is 5.60. The number of anilines is 1. The summed E-state index contributed by atoms with van der Waals surface area (Å²) in [5.41, 5.74) is 11.1. The number of aliphatic hydroxyl groups excluding tert-OH is 1. The van der Waals surface area contributed by atoms with Crippen LogP contribution < -0.4 is 24.8 Å². The van der Waals surface area contributed by atoms with Crippen LogP contribution in [0.4, 0.5) is 5.69 Å². The molecular formula is C36H38N3O3+. The molecule has 1 saturated heterocycles. The van der Waals surface area contributed by atoms with Crippen molar-refractivity contribution in [1.82, 2.24) is 9.48 Å². The minimum atomic E-state index is -0.311. The summed E-state index contributed by atoms with van der Waals surface area (Å²) in [5, 5.41) is 12.7. The summed E-state index contributed by atoms with van der Waals surface area (Å²) in [6, 6.07) is 13.1. The van der Waals surface area contributed by atoms with E-state index in [2.05, 4.69) is 33.7 Å². The number of ether oxygens (including phenoxy) is 1. The van der Waals surface area contributed by atoms with Crippen LogP contribution in [-0.2, 0) is 25.7 Å². The van der Waals surface area contributed by atoms with Gasteiger partial charge in [0.1, 0.15) is 24.6 Å². The van der Waals surface area contributed by atoms with Gasteiger partial charge in [-0.05, 0) is 74.3 Å². The first kappa shape index (κ1) is 24.9. The second-order valence-corrected chi connectivity index (χ2v) is 13.1. The molecule has 1 amide bonds. The van der Waals surface area contributed by atoms with Crippen LogP contribution in [0.15, 0.2) is 36.4 Å². The highest BCUT2D eigenvalue weighted by Crippen LogP contribution is 2.48. The maximum atomic E-state index is 14.2. The van der Waals surface area contributed by atoms with E-state index in [-0.39, 0.29) is 12.0 Å². The standard InChI is InChI=1S/C36H38N3O3/c40-24-11-17-39(18-12-24)36(41)26-9-2-1-8-25(26)31-29-20-22-6-3-14-37-16-5-10-27(32(22)37)34(29)42-35-28-13-19-38-15-4-7-23(33(28)38)21-30(31)35/h1-2,8-9,20-21,24,40H,3-7,10-19H2/q+1. The topological polar surface area (TPSA) is 56.0 Å². The van der Waals surface area contributed by atoms with Gasteiger partial charge in [0.05, 0.1) is 11.7 Å². The molecule has 0 radical (unpaired) electrons. The third-order valence-electron chi connectivity index (χ3n) is 10.6. The van der Waals surface area contributed by atoms with Crippen molar-refractivity contribution >= 4 is 17.2 Å². The van der Waals surface area contributed by atoms with Crippen molar-refractivity contribution in [3.05, 3.63) is 85.9 Å². The van der Waals surface area contributed by atoms with Crippen molar-refractivity contribution in [3.8, 4) is 11.5 Å². The second kappa shape index (κ2) is 9.43. The highest BCUT2D eigenvalue weighted by Gasteiger charge is 2.37. The van der Waals surface area contributed by atoms with Gasteiger partial charge in [0, 0.05) is 77.8 Å². The average molecular weight is 561 g/mol. The van der Waals surface area contributed by atoms with Gasteiger partial charge < -0.3 is 19.6 Å². The van der Waals surface area contributed by atoms with Crippen molar-refractivity contribution in [1.29, 1.82) is 0 Å². The lowest BCUT2D eigenvalue weighted by Crippen LogP contribution is -2.40. The van der Waals surface area contributed by atoms with Crippen LogP contribution in [-0.4, -0.2) is 61.3 Å². The molecule has 1 N–H and O–H groups in total. The molecule has 1 fully saturated rings. The Balaban J connectivity index is 1.34. The molecule has 6 aliphatic rings. The molecule has 0 saturated carbocycles. The molecule has 6 aliphatic heterocycles. The summed E-state index contributed by atoms with van der Waals surface area (Å²) in [6.07, 6.45) is 8.71. The van der Waals surface area contributed by atoms with E-state index in [1.165, 1.54) is 46.1 Å². The van der Waals surface area contributed by atoms with Crippen molar-refractivity contribution in [2.75, 3.05) is 44.2 Å². The zero-order chi connectivity index (χ0) is 27.9. The molecular weight excluding hydrogens is 522 g/mol. The number of carbonyl (C=O) groups excluding carboxylic acids is 1. The SMILES string of the molecule is O=C(c1ccccc1C1=c2cc3c4c(c2Oc2c1cc1c5c2CCCN5CCC1)CC[N+]=4CCC3)N1CCC(O)CC1. The van der Waals surface area contributed by atoms with E-state index < -0.39 is 0 Å². The summed E-state index contributed by atoms with van der Waals surface area (Å²) < 4.78 is 9.71. The van der Waals surface area contributed by atoms with E-state index in [0.29, 0.717) is 25.9 Å². The fraction of sp³-hybridized carbons (Fsp3) is 0.444. The number of likely N-dealkylation sites (tertiary alicyclic amines) is 1. The van der Waals surface area contributed by atoms with Crippen LogP contribution in [0.5, 0.6) is 11.5 Å². The number of hydrogen-bond acceptors (Lipinski definition) is 4. The van der Waals surface area contributed by atoms with Gasteiger partial charge >= 0.3 is 0 Å². The van der Waals surface area contributed by atoms with Crippen LogP contribution in [0.25, 0.3) is 5.57 Å². The molecule has 214 valence electrons. The van der Waals surface area contributed by atoms with Crippen molar-refractivity contribution < 1.29 is 14.6 Å². The Bertz CT molecular complexity index is 1800. The maximum absolute atomic E-state index is 14.2. The maximum Gasteiger partial charge on any atom is 0.254 e. The van der Waals surface area contributed by atoms with E-state index >= 15 is 0 Å². The molecule has 0 aliphatic carbocycles. The normalized spacial score (nSPS) is 20.5. The number of hydrogen-bond donors (Lipinski definition) is 1. The number of aliphatic hydroxyl groups is 1. The zero-order valence-corrected chi connectivity index (χ0v) is 24.3. The quantitative estimate of drug-likeness (QED) is 0.383. The smallest absolute Gasteiger partial charge is 0.254 e. The first-order valence-electron chi connectivity index (χ1n) is 16.2. The second-order valence-electron chi connectivity index (χ2n) is 13.1. The van der Waals surface area contributed by atoms with Gasteiger partial charge in [0.25, 0.3) is 5.91 Å². The molecule has 6 heterocycles. The van der Waals surface area contributed by atoms with E-state index in [0.717, 1.165) is 97.3 Å². The van der Waals surface area contributed by atoms with Crippen molar-refractivity contribution in [2.45, 2.75) is 63.9 Å². The van der Waals surface area contributed by atoms with Gasteiger partial charge in [-0.25, -0.2) is 4.58 Å².